The molecule has 5 heteroatoms. The summed E-state index contributed by atoms with van der Waals surface area (Å²) in [5.41, 5.74) is 3.43. The maximum absolute atomic E-state index is 11.1. The Bertz CT molecular complexity index is 709. The molecule has 23 heavy (non-hydrogen) atoms. The fraction of sp³-hybridized carbons (Fsp3) is 0.444. The number of aliphatic hydroxyl groups is 1. The zero-order valence-corrected chi connectivity index (χ0v) is 14.3. The second-order valence-electron chi connectivity index (χ2n) is 5.80. The van der Waals surface area contributed by atoms with Crippen LogP contribution in [-0.4, -0.2) is 56.7 Å². The Hall–Kier alpha value is -1.61. The Morgan fingerprint density at radius 1 is 1.26 bits per heavy atom. The van der Waals surface area contributed by atoms with Crippen molar-refractivity contribution in [3.63, 3.8) is 0 Å². The molecule has 0 spiro atoms. The molecule has 0 fully saturated rings. The minimum absolute atomic E-state index is 0.123. The molecule has 0 saturated carbocycles. The van der Waals surface area contributed by atoms with Crippen LogP contribution >= 0.6 is 0 Å². The van der Waals surface area contributed by atoms with Crippen molar-refractivity contribution in [2.24, 2.45) is 0 Å². The van der Waals surface area contributed by atoms with Crippen LogP contribution in [0.1, 0.15) is 24.0 Å². The summed E-state index contributed by atoms with van der Waals surface area (Å²) in [5.74, 6) is 5.79. The van der Waals surface area contributed by atoms with Gasteiger partial charge in [-0.3, -0.25) is 4.90 Å². The van der Waals surface area contributed by atoms with Crippen LogP contribution in [0.4, 0.5) is 0 Å². The number of aliphatic hydroxyl groups excluding tert-OH is 1. The first-order valence-corrected chi connectivity index (χ1v) is 9.83. The van der Waals surface area contributed by atoms with Crippen LogP contribution in [0.3, 0.4) is 0 Å². The van der Waals surface area contributed by atoms with Gasteiger partial charge < -0.3 is 5.11 Å². The van der Waals surface area contributed by atoms with Crippen LogP contribution in [0.5, 0.6) is 0 Å². The van der Waals surface area contributed by atoms with Gasteiger partial charge in [-0.15, -0.1) is 0 Å². The largest absolute Gasteiger partial charge is 0.384 e. The molecule has 2 rings (SSSR count). The highest BCUT2D eigenvalue weighted by molar-refractivity contribution is 7.90. The summed E-state index contributed by atoms with van der Waals surface area (Å²) in [6.07, 6.45) is 5.18. The van der Waals surface area contributed by atoms with E-state index in [1.54, 1.807) is 0 Å². The van der Waals surface area contributed by atoms with Crippen molar-refractivity contribution < 1.29 is 13.5 Å². The van der Waals surface area contributed by atoms with E-state index in [2.05, 4.69) is 34.9 Å². The fourth-order valence-electron chi connectivity index (χ4n) is 2.64. The van der Waals surface area contributed by atoms with Crippen molar-refractivity contribution in [2.75, 3.05) is 38.2 Å². The van der Waals surface area contributed by atoms with Gasteiger partial charge in [0.05, 0.1) is 5.75 Å². The molecular weight excluding hydrogens is 310 g/mol. The lowest BCUT2D eigenvalue weighted by Gasteiger charge is -2.26. The summed E-state index contributed by atoms with van der Waals surface area (Å²) in [6, 6.07) is 8.06. The van der Waals surface area contributed by atoms with Gasteiger partial charge in [-0.1, -0.05) is 30.0 Å². The Morgan fingerprint density at radius 2 is 2.00 bits per heavy atom. The van der Waals surface area contributed by atoms with Gasteiger partial charge in [0.15, 0.2) is 0 Å². The molecule has 0 aliphatic carbocycles. The third-order valence-corrected chi connectivity index (χ3v) is 4.88. The van der Waals surface area contributed by atoms with Crippen molar-refractivity contribution in [1.29, 1.82) is 0 Å². The molecule has 1 aliphatic rings. The number of nitrogens with zero attached hydrogens (tertiary/aromatic N) is 1. The summed E-state index contributed by atoms with van der Waals surface area (Å²) >= 11 is 0. The highest BCUT2D eigenvalue weighted by atomic mass is 32.2. The van der Waals surface area contributed by atoms with Gasteiger partial charge in [0.2, 0.25) is 0 Å². The van der Waals surface area contributed by atoms with Crippen LogP contribution in [0.2, 0.25) is 0 Å². The maximum Gasteiger partial charge on any atom is 0.147 e. The van der Waals surface area contributed by atoms with Crippen LogP contribution < -0.4 is 0 Å². The monoisotopic (exact) mass is 333 g/mol. The topological polar surface area (TPSA) is 57.6 Å². The molecule has 0 aromatic heterocycles. The molecule has 124 valence electrons. The van der Waals surface area contributed by atoms with E-state index in [4.69, 9.17) is 5.11 Å². The van der Waals surface area contributed by atoms with Gasteiger partial charge in [-0.2, -0.15) is 0 Å². The van der Waals surface area contributed by atoms with Gasteiger partial charge in [-0.25, -0.2) is 8.42 Å². The Kier molecular flexibility index (Phi) is 6.40. The lowest BCUT2D eigenvalue weighted by atomic mass is 9.98. The molecule has 0 atom stereocenters. The summed E-state index contributed by atoms with van der Waals surface area (Å²) < 4.78 is 22.3. The standard InChI is InChI=1S/C18H23NO3S/c1-23(21,22)15-3-11-19-12-9-18(10-13-19)17-7-5-16(6-8-17)4-2-14-20/h5-9,20H,3,10-15H2,1H3. The average Bonchev–Trinajstić information content (AvgIpc) is 2.53. The lowest BCUT2D eigenvalue weighted by Crippen LogP contribution is -2.30. The van der Waals surface area contributed by atoms with Gasteiger partial charge in [0.25, 0.3) is 0 Å². The predicted molar refractivity (Wildman–Crippen MR) is 93.8 cm³/mol. The molecule has 0 radical (unpaired) electrons. The van der Waals surface area contributed by atoms with Crippen molar-refractivity contribution in [3.05, 3.63) is 41.5 Å². The van der Waals surface area contributed by atoms with E-state index in [0.717, 1.165) is 31.6 Å². The molecule has 1 N–H and O–H groups in total. The van der Waals surface area contributed by atoms with E-state index in [9.17, 15) is 8.42 Å². The third kappa shape index (κ3) is 6.19. The smallest absolute Gasteiger partial charge is 0.147 e. The molecule has 1 aromatic carbocycles. The zero-order valence-electron chi connectivity index (χ0n) is 13.5. The lowest BCUT2D eigenvalue weighted by molar-refractivity contribution is 0.303. The predicted octanol–water partition coefficient (Wildman–Crippen LogP) is 1.55. The number of hydrogen-bond donors (Lipinski definition) is 1. The number of rotatable bonds is 5. The summed E-state index contributed by atoms with van der Waals surface area (Å²) in [7, 11) is -2.86. The van der Waals surface area contributed by atoms with Gasteiger partial charge in [0, 0.05) is 24.9 Å². The average molecular weight is 333 g/mol. The number of benzene rings is 1. The Morgan fingerprint density at radius 3 is 2.57 bits per heavy atom. The second-order valence-corrected chi connectivity index (χ2v) is 8.06. The Labute approximate surface area is 138 Å². The second kappa shape index (κ2) is 8.30. The minimum Gasteiger partial charge on any atom is -0.384 e. The Balaban J connectivity index is 1.88. The van der Waals surface area contributed by atoms with E-state index in [1.807, 2.05) is 12.1 Å². The van der Waals surface area contributed by atoms with Crippen LogP contribution in [0.25, 0.3) is 5.57 Å². The van der Waals surface area contributed by atoms with Crippen molar-refractivity contribution >= 4 is 15.4 Å². The van der Waals surface area contributed by atoms with Gasteiger partial charge in [-0.05, 0) is 42.7 Å². The van der Waals surface area contributed by atoms with Crippen molar-refractivity contribution in [3.8, 4) is 11.8 Å². The van der Waals surface area contributed by atoms with E-state index in [-0.39, 0.29) is 12.4 Å². The molecule has 1 aromatic rings. The molecule has 4 nitrogen and oxygen atoms in total. The van der Waals surface area contributed by atoms with E-state index >= 15 is 0 Å². The van der Waals surface area contributed by atoms with Gasteiger partial charge in [0.1, 0.15) is 16.4 Å². The number of hydrogen-bond acceptors (Lipinski definition) is 4. The SMILES string of the molecule is CS(=O)(=O)CCCN1CC=C(c2ccc(C#CCO)cc2)CC1. The van der Waals surface area contributed by atoms with Crippen molar-refractivity contribution in [2.45, 2.75) is 12.8 Å². The molecule has 0 amide bonds. The minimum atomic E-state index is -2.86. The molecular formula is C18H23NO3S. The van der Waals surface area contributed by atoms with Crippen LogP contribution in [0, 0.1) is 11.8 Å². The first kappa shape index (κ1) is 17.7. The van der Waals surface area contributed by atoms with Crippen LogP contribution in [-0.2, 0) is 9.84 Å². The van der Waals surface area contributed by atoms with E-state index in [0.29, 0.717) is 6.42 Å². The summed E-state index contributed by atoms with van der Waals surface area (Å²) in [6.45, 7) is 2.53. The summed E-state index contributed by atoms with van der Waals surface area (Å²) in [5, 5.41) is 8.70. The number of sulfone groups is 1. The highest BCUT2D eigenvalue weighted by Crippen LogP contribution is 2.22. The zero-order chi connectivity index (χ0) is 16.7. The molecule has 1 heterocycles. The normalized spacial score (nSPS) is 15.7. The van der Waals surface area contributed by atoms with Crippen molar-refractivity contribution in [1.82, 2.24) is 4.90 Å². The molecule has 0 bridgehead atoms. The van der Waals surface area contributed by atoms with E-state index in [1.165, 1.54) is 17.4 Å². The fourth-order valence-corrected chi connectivity index (χ4v) is 3.29. The molecule has 0 saturated heterocycles. The van der Waals surface area contributed by atoms with Gasteiger partial charge >= 0.3 is 0 Å². The first-order chi connectivity index (χ1) is 11.0. The van der Waals surface area contributed by atoms with Crippen LogP contribution in [0.15, 0.2) is 30.3 Å². The molecule has 1 aliphatic heterocycles. The third-order valence-electron chi connectivity index (χ3n) is 3.85. The summed E-state index contributed by atoms with van der Waals surface area (Å²) in [4.78, 5) is 2.29. The molecule has 0 unspecified atom stereocenters. The highest BCUT2D eigenvalue weighted by Gasteiger charge is 2.13. The van der Waals surface area contributed by atoms with E-state index < -0.39 is 9.84 Å². The maximum atomic E-state index is 11.1. The quantitative estimate of drug-likeness (QED) is 0.831. The first-order valence-electron chi connectivity index (χ1n) is 7.77.